The summed E-state index contributed by atoms with van der Waals surface area (Å²) in [4.78, 5) is 21.2. The van der Waals surface area contributed by atoms with Crippen LogP contribution in [0.15, 0.2) is 58.3 Å². The van der Waals surface area contributed by atoms with E-state index in [1.165, 1.54) is 5.56 Å². The Kier molecular flexibility index (Phi) is 7.87. The second kappa shape index (κ2) is 10.8. The molecule has 1 N–H and O–H groups in total. The molecule has 29 heavy (non-hydrogen) atoms. The lowest BCUT2D eigenvalue weighted by Gasteiger charge is -2.36. The van der Waals surface area contributed by atoms with E-state index >= 15 is 0 Å². The van der Waals surface area contributed by atoms with Crippen molar-refractivity contribution in [2.45, 2.75) is 32.9 Å². The number of unbranched alkanes of at least 4 members (excludes halogenated alkanes) is 1. The van der Waals surface area contributed by atoms with Crippen molar-refractivity contribution >= 4 is 5.96 Å². The van der Waals surface area contributed by atoms with Crippen LogP contribution in [0.4, 0.5) is 0 Å². The molecule has 0 spiro atoms. The van der Waals surface area contributed by atoms with Crippen LogP contribution in [0.25, 0.3) is 0 Å². The van der Waals surface area contributed by atoms with Crippen molar-refractivity contribution in [2.75, 3.05) is 39.8 Å². The van der Waals surface area contributed by atoms with E-state index in [4.69, 9.17) is 0 Å². The Hall–Kier alpha value is -2.60. The first-order valence-corrected chi connectivity index (χ1v) is 10.6. The minimum Gasteiger partial charge on any atom is -0.356 e. The Bertz CT molecular complexity index is 838. The maximum absolute atomic E-state index is 11.9. The zero-order valence-corrected chi connectivity index (χ0v) is 17.7. The molecule has 0 atom stereocenters. The summed E-state index contributed by atoms with van der Waals surface area (Å²) >= 11 is 0. The fourth-order valence-electron chi connectivity index (χ4n) is 3.80. The first-order chi connectivity index (χ1) is 14.2. The molecular formula is C23H33N5O. The number of guanidine groups is 1. The summed E-state index contributed by atoms with van der Waals surface area (Å²) in [5.41, 5.74) is 2.48. The Morgan fingerprint density at radius 1 is 1.00 bits per heavy atom. The van der Waals surface area contributed by atoms with Gasteiger partial charge in [0.25, 0.3) is 5.56 Å². The number of nitrogens with one attached hydrogen (secondary N) is 1. The van der Waals surface area contributed by atoms with Crippen molar-refractivity contribution in [1.29, 1.82) is 0 Å². The van der Waals surface area contributed by atoms with Gasteiger partial charge in [0.15, 0.2) is 5.96 Å². The van der Waals surface area contributed by atoms with Gasteiger partial charge in [-0.2, -0.15) is 0 Å². The number of aromatic nitrogens is 1. The molecule has 1 aromatic heterocycles. The smallest absolute Gasteiger partial charge is 0.250 e. The highest BCUT2D eigenvalue weighted by atomic mass is 16.1. The molecule has 1 fully saturated rings. The predicted molar refractivity (Wildman–Crippen MR) is 119 cm³/mol. The fraction of sp³-hybridized carbons (Fsp3) is 0.478. The lowest BCUT2D eigenvalue weighted by atomic mass is 10.2. The van der Waals surface area contributed by atoms with E-state index < -0.39 is 0 Å². The van der Waals surface area contributed by atoms with Crippen molar-refractivity contribution in [3.05, 3.63) is 70.1 Å². The summed E-state index contributed by atoms with van der Waals surface area (Å²) in [5, 5.41) is 3.49. The van der Waals surface area contributed by atoms with Crippen LogP contribution in [0.5, 0.6) is 0 Å². The van der Waals surface area contributed by atoms with Crippen LogP contribution < -0.4 is 10.9 Å². The van der Waals surface area contributed by atoms with Gasteiger partial charge in [0.2, 0.25) is 0 Å². The molecule has 6 nitrogen and oxygen atoms in total. The topological polar surface area (TPSA) is 52.9 Å². The van der Waals surface area contributed by atoms with Gasteiger partial charge in [-0.3, -0.25) is 14.7 Å². The van der Waals surface area contributed by atoms with Crippen molar-refractivity contribution < 1.29 is 0 Å². The van der Waals surface area contributed by atoms with Crippen molar-refractivity contribution in [2.24, 2.45) is 4.99 Å². The van der Waals surface area contributed by atoms with E-state index in [2.05, 4.69) is 50.4 Å². The SMILES string of the molecule is CN=C(NCCCCn1c(C)cccc1=O)N1CCN(Cc2ccccc2)CC1. The summed E-state index contributed by atoms with van der Waals surface area (Å²) in [6.45, 7) is 8.72. The first kappa shape index (κ1) is 21.1. The second-order valence-electron chi connectivity index (χ2n) is 7.59. The van der Waals surface area contributed by atoms with Crippen molar-refractivity contribution in [1.82, 2.24) is 19.7 Å². The molecule has 0 amide bonds. The van der Waals surface area contributed by atoms with Gasteiger partial charge in [0.05, 0.1) is 0 Å². The van der Waals surface area contributed by atoms with E-state index in [0.29, 0.717) is 0 Å². The number of pyridine rings is 1. The Morgan fingerprint density at radius 3 is 2.45 bits per heavy atom. The van der Waals surface area contributed by atoms with Gasteiger partial charge >= 0.3 is 0 Å². The summed E-state index contributed by atoms with van der Waals surface area (Å²) < 4.78 is 1.85. The van der Waals surface area contributed by atoms with Crippen molar-refractivity contribution in [3.8, 4) is 0 Å². The van der Waals surface area contributed by atoms with E-state index in [1.807, 2.05) is 30.7 Å². The minimum atomic E-state index is 0.0853. The van der Waals surface area contributed by atoms with Gasteiger partial charge in [0, 0.05) is 64.6 Å². The normalized spacial score (nSPS) is 15.5. The third kappa shape index (κ3) is 6.19. The fourth-order valence-corrected chi connectivity index (χ4v) is 3.80. The summed E-state index contributed by atoms with van der Waals surface area (Å²) in [6, 6.07) is 16.1. The number of rotatable bonds is 7. The lowest BCUT2D eigenvalue weighted by molar-refractivity contribution is 0.172. The number of hydrogen-bond acceptors (Lipinski definition) is 3. The largest absolute Gasteiger partial charge is 0.356 e. The highest BCUT2D eigenvalue weighted by Gasteiger charge is 2.19. The lowest BCUT2D eigenvalue weighted by Crippen LogP contribution is -2.52. The number of hydrogen-bond donors (Lipinski definition) is 1. The summed E-state index contributed by atoms with van der Waals surface area (Å²) in [5.74, 6) is 0.984. The molecule has 1 aliphatic rings. The van der Waals surface area contributed by atoms with E-state index in [9.17, 15) is 4.79 Å². The maximum Gasteiger partial charge on any atom is 0.250 e. The van der Waals surface area contributed by atoms with Crippen LogP contribution in [0.2, 0.25) is 0 Å². The molecule has 2 aromatic rings. The van der Waals surface area contributed by atoms with E-state index in [-0.39, 0.29) is 5.56 Å². The van der Waals surface area contributed by atoms with Gasteiger partial charge in [0.1, 0.15) is 0 Å². The predicted octanol–water partition coefficient (Wildman–Crippen LogP) is 2.33. The van der Waals surface area contributed by atoms with Crippen LogP contribution in [0.1, 0.15) is 24.1 Å². The number of aryl methyl sites for hydroxylation is 1. The van der Waals surface area contributed by atoms with Crippen LogP contribution in [0.3, 0.4) is 0 Å². The zero-order valence-electron chi connectivity index (χ0n) is 17.7. The number of nitrogens with zero attached hydrogens (tertiary/aromatic N) is 4. The third-order valence-electron chi connectivity index (χ3n) is 5.49. The van der Waals surface area contributed by atoms with Gasteiger partial charge in [-0.05, 0) is 31.4 Å². The Balaban J connectivity index is 1.37. The molecule has 1 saturated heterocycles. The molecule has 0 radical (unpaired) electrons. The summed E-state index contributed by atoms with van der Waals surface area (Å²) in [6.07, 6.45) is 1.98. The third-order valence-corrected chi connectivity index (χ3v) is 5.49. The minimum absolute atomic E-state index is 0.0853. The van der Waals surface area contributed by atoms with E-state index in [0.717, 1.165) is 70.3 Å². The molecule has 3 rings (SSSR count). The summed E-state index contributed by atoms with van der Waals surface area (Å²) in [7, 11) is 1.85. The maximum atomic E-state index is 11.9. The van der Waals surface area contributed by atoms with E-state index in [1.54, 1.807) is 6.07 Å². The van der Waals surface area contributed by atoms with Crippen LogP contribution >= 0.6 is 0 Å². The van der Waals surface area contributed by atoms with Gasteiger partial charge in [-0.25, -0.2) is 0 Å². The second-order valence-corrected chi connectivity index (χ2v) is 7.59. The average Bonchev–Trinajstić information content (AvgIpc) is 2.74. The molecule has 2 heterocycles. The molecule has 0 aliphatic carbocycles. The number of piperazine rings is 1. The highest BCUT2D eigenvalue weighted by molar-refractivity contribution is 5.79. The number of benzene rings is 1. The zero-order chi connectivity index (χ0) is 20.5. The monoisotopic (exact) mass is 395 g/mol. The van der Waals surface area contributed by atoms with Gasteiger partial charge < -0.3 is 14.8 Å². The standard InChI is InChI=1S/C23H33N5O/c1-20-9-8-12-22(29)28(20)14-7-6-13-25-23(24-2)27-17-15-26(16-18-27)19-21-10-4-3-5-11-21/h3-5,8-12H,6-7,13-19H2,1-2H3,(H,24,25). The van der Waals surface area contributed by atoms with Crippen LogP contribution in [-0.2, 0) is 13.1 Å². The molecule has 0 bridgehead atoms. The molecule has 0 saturated carbocycles. The van der Waals surface area contributed by atoms with Crippen molar-refractivity contribution in [3.63, 3.8) is 0 Å². The molecular weight excluding hydrogens is 362 g/mol. The number of aliphatic imine (C=N–C) groups is 1. The van der Waals surface area contributed by atoms with Crippen LogP contribution in [0, 0.1) is 6.92 Å². The van der Waals surface area contributed by atoms with Gasteiger partial charge in [-0.15, -0.1) is 0 Å². The quantitative estimate of drug-likeness (QED) is 0.444. The van der Waals surface area contributed by atoms with Crippen LogP contribution in [-0.4, -0.2) is 60.1 Å². The molecule has 0 unspecified atom stereocenters. The molecule has 1 aliphatic heterocycles. The molecule has 6 heteroatoms. The molecule has 1 aromatic carbocycles. The Morgan fingerprint density at radius 2 is 1.76 bits per heavy atom. The Labute approximate surface area is 173 Å². The highest BCUT2D eigenvalue weighted by Crippen LogP contribution is 2.08. The average molecular weight is 396 g/mol. The molecule has 156 valence electrons. The van der Waals surface area contributed by atoms with Gasteiger partial charge in [-0.1, -0.05) is 36.4 Å². The first-order valence-electron chi connectivity index (χ1n) is 10.6.